The topological polar surface area (TPSA) is 102 Å². The first kappa shape index (κ1) is 15.2. The average Bonchev–Trinajstić information content (AvgIpc) is 2.81. The summed E-state index contributed by atoms with van der Waals surface area (Å²) in [6.45, 7) is 4.18. The van der Waals surface area contributed by atoms with Crippen molar-refractivity contribution in [3.05, 3.63) is 18.0 Å². The van der Waals surface area contributed by atoms with Crippen molar-refractivity contribution in [2.75, 3.05) is 6.54 Å². The molecule has 106 valence electrons. The van der Waals surface area contributed by atoms with E-state index in [1.54, 1.807) is 24.9 Å². The Labute approximate surface area is 112 Å². The van der Waals surface area contributed by atoms with Gasteiger partial charge in [0, 0.05) is 25.4 Å². The zero-order chi connectivity index (χ0) is 14.4. The summed E-state index contributed by atoms with van der Waals surface area (Å²) >= 11 is 0. The highest BCUT2D eigenvalue weighted by molar-refractivity contribution is 5.89. The van der Waals surface area contributed by atoms with Crippen LogP contribution in [0.1, 0.15) is 31.9 Å². The fourth-order valence-electron chi connectivity index (χ4n) is 1.52. The minimum absolute atomic E-state index is 0.214. The van der Waals surface area contributed by atoms with Crippen molar-refractivity contribution in [2.24, 2.45) is 12.8 Å². The molecule has 0 radical (unpaired) electrons. The van der Waals surface area contributed by atoms with Crippen LogP contribution in [0, 0.1) is 0 Å². The number of hydrogen-bond acceptors (Lipinski definition) is 4. The Kier molecular flexibility index (Phi) is 5.50. The maximum atomic E-state index is 11.9. The van der Waals surface area contributed by atoms with E-state index in [9.17, 15) is 9.59 Å². The van der Waals surface area contributed by atoms with Gasteiger partial charge in [-0.05, 0) is 13.3 Å². The van der Waals surface area contributed by atoms with Crippen LogP contribution in [-0.2, 0) is 16.6 Å². The SMILES string of the molecule is CCCNC(=O)C(C)NC(=O)C(N)c1cnn(C)c1. The molecular formula is C12H21N5O2. The van der Waals surface area contributed by atoms with Gasteiger partial charge in [0.05, 0.1) is 6.20 Å². The van der Waals surface area contributed by atoms with Gasteiger partial charge in [0.2, 0.25) is 11.8 Å². The highest BCUT2D eigenvalue weighted by Crippen LogP contribution is 2.08. The van der Waals surface area contributed by atoms with Crippen LogP contribution in [0.4, 0.5) is 0 Å². The smallest absolute Gasteiger partial charge is 0.242 e. The van der Waals surface area contributed by atoms with Gasteiger partial charge in [-0.2, -0.15) is 5.10 Å². The van der Waals surface area contributed by atoms with E-state index in [0.29, 0.717) is 12.1 Å². The largest absolute Gasteiger partial charge is 0.354 e. The number of hydrogen-bond donors (Lipinski definition) is 3. The van der Waals surface area contributed by atoms with E-state index in [1.807, 2.05) is 6.92 Å². The predicted molar refractivity (Wildman–Crippen MR) is 71.0 cm³/mol. The van der Waals surface area contributed by atoms with Crippen LogP contribution in [-0.4, -0.2) is 34.2 Å². The summed E-state index contributed by atoms with van der Waals surface area (Å²) in [5.41, 5.74) is 6.42. The molecule has 0 saturated heterocycles. The molecule has 19 heavy (non-hydrogen) atoms. The normalized spacial score (nSPS) is 13.7. The lowest BCUT2D eigenvalue weighted by molar-refractivity contribution is -0.129. The number of nitrogens with zero attached hydrogens (tertiary/aromatic N) is 2. The van der Waals surface area contributed by atoms with E-state index in [0.717, 1.165) is 6.42 Å². The quantitative estimate of drug-likeness (QED) is 0.643. The van der Waals surface area contributed by atoms with E-state index in [1.165, 1.54) is 6.20 Å². The summed E-state index contributed by atoms with van der Waals surface area (Å²) in [6, 6.07) is -1.43. The molecular weight excluding hydrogens is 246 g/mol. The standard InChI is InChI=1S/C12H21N5O2/c1-4-5-14-11(18)8(2)16-12(19)10(13)9-6-15-17(3)7-9/h6-8,10H,4-5,13H2,1-3H3,(H,14,18)(H,16,19). The molecule has 0 aromatic carbocycles. The Hall–Kier alpha value is -1.89. The van der Waals surface area contributed by atoms with Crippen molar-refractivity contribution >= 4 is 11.8 Å². The third-order valence-corrected chi connectivity index (χ3v) is 2.67. The number of nitrogens with one attached hydrogen (secondary N) is 2. The molecule has 2 atom stereocenters. The Morgan fingerprint density at radius 2 is 2.16 bits per heavy atom. The number of amides is 2. The highest BCUT2D eigenvalue weighted by Gasteiger charge is 2.21. The molecule has 1 heterocycles. The van der Waals surface area contributed by atoms with Crippen molar-refractivity contribution < 1.29 is 9.59 Å². The minimum atomic E-state index is -0.824. The molecule has 0 fully saturated rings. The third kappa shape index (κ3) is 4.36. The van der Waals surface area contributed by atoms with Gasteiger partial charge < -0.3 is 16.4 Å². The molecule has 1 aromatic heterocycles. The van der Waals surface area contributed by atoms with E-state index < -0.39 is 18.0 Å². The summed E-state index contributed by atoms with van der Waals surface area (Å²) < 4.78 is 1.57. The number of nitrogens with two attached hydrogens (primary N) is 1. The minimum Gasteiger partial charge on any atom is -0.354 e. The zero-order valence-electron chi connectivity index (χ0n) is 11.5. The van der Waals surface area contributed by atoms with Crippen LogP contribution < -0.4 is 16.4 Å². The highest BCUT2D eigenvalue weighted by atomic mass is 16.2. The van der Waals surface area contributed by atoms with Gasteiger partial charge in [0.1, 0.15) is 12.1 Å². The van der Waals surface area contributed by atoms with E-state index >= 15 is 0 Å². The summed E-state index contributed by atoms with van der Waals surface area (Å²) in [4.78, 5) is 23.5. The first-order valence-corrected chi connectivity index (χ1v) is 6.28. The molecule has 1 aromatic rings. The van der Waals surface area contributed by atoms with E-state index in [4.69, 9.17) is 5.73 Å². The van der Waals surface area contributed by atoms with Crippen LogP contribution in [0.15, 0.2) is 12.4 Å². The fraction of sp³-hybridized carbons (Fsp3) is 0.583. The maximum Gasteiger partial charge on any atom is 0.242 e. The van der Waals surface area contributed by atoms with Crippen molar-refractivity contribution in [1.82, 2.24) is 20.4 Å². The van der Waals surface area contributed by atoms with Gasteiger partial charge in [-0.15, -0.1) is 0 Å². The van der Waals surface area contributed by atoms with Gasteiger partial charge in [0.25, 0.3) is 0 Å². The molecule has 0 aliphatic carbocycles. The average molecular weight is 267 g/mol. The van der Waals surface area contributed by atoms with Crippen molar-refractivity contribution in [3.8, 4) is 0 Å². The molecule has 0 aliphatic rings. The molecule has 7 nitrogen and oxygen atoms in total. The van der Waals surface area contributed by atoms with Crippen LogP contribution in [0.2, 0.25) is 0 Å². The predicted octanol–water partition coefficient (Wildman–Crippen LogP) is -0.549. The summed E-state index contributed by atoms with van der Waals surface area (Å²) in [5.74, 6) is -0.610. The third-order valence-electron chi connectivity index (χ3n) is 2.67. The van der Waals surface area contributed by atoms with Crippen molar-refractivity contribution in [1.29, 1.82) is 0 Å². The van der Waals surface area contributed by atoms with E-state index in [-0.39, 0.29) is 5.91 Å². The lowest BCUT2D eigenvalue weighted by atomic mass is 10.1. The van der Waals surface area contributed by atoms with Crippen LogP contribution in [0.5, 0.6) is 0 Å². The van der Waals surface area contributed by atoms with Crippen LogP contribution >= 0.6 is 0 Å². The fourth-order valence-corrected chi connectivity index (χ4v) is 1.52. The lowest BCUT2D eigenvalue weighted by Crippen LogP contribution is -2.47. The van der Waals surface area contributed by atoms with Crippen LogP contribution in [0.3, 0.4) is 0 Å². The number of carbonyl (C=O) groups excluding carboxylic acids is 2. The van der Waals surface area contributed by atoms with Gasteiger partial charge in [0.15, 0.2) is 0 Å². The molecule has 0 aliphatic heterocycles. The molecule has 2 unspecified atom stereocenters. The number of carbonyl (C=O) groups is 2. The molecule has 7 heteroatoms. The Morgan fingerprint density at radius 3 is 2.68 bits per heavy atom. The Bertz CT molecular complexity index is 443. The number of aromatic nitrogens is 2. The van der Waals surface area contributed by atoms with Crippen LogP contribution in [0.25, 0.3) is 0 Å². The van der Waals surface area contributed by atoms with Gasteiger partial charge >= 0.3 is 0 Å². The Balaban J connectivity index is 2.52. The van der Waals surface area contributed by atoms with Gasteiger partial charge in [-0.1, -0.05) is 6.92 Å². The molecule has 2 amide bonds. The second kappa shape index (κ2) is 6.89. The monoisotopic (exact) mass is 267 g/mol. The van der Waals surface area contributed by atoms with Crippen molar-refractivity contribution in [2.45, 2.75) is 32.4 Å². The summed E-state index contributed by atoms with van der Waals surface area (Å²) in [7, 11) is 1.74. The second-order valence-electron chi connectivity index (χ2n) is 4.45. The molecule has 0 saturated carbocycles. The van der Waals surface area contributed by atoms with Gasteiger partial charge in [-0.3, -0.25) is 14.3 Å². The Morgan fingerprint density at radius 1 is 1.47 bits per heavy atom. The summed E-state index contributed by atoms with van der Waals surface area (Å²) in [6.07, 6.45) is 4.06. The molecule has 4 N–H and O–H groups in total. The second-order valence-corrected chi connectivity index (χ2v) is 4.45. The van der Waals surface area contributed by atoms with Crippen molar-refractivity contribution in [3.63, 3.8) is 0 Å². The zero-order valence-corrected chi connectivity index (χ0v) is 11.5. The first-order valence-electron chi connectivity index (χ1n) is 6.28. The maximum absolute atomic E-state index is 11.9. The molecule has 1 rings (SSSR count). The lowest BCUT2D eigenvalue weighted by Gasteiger charge is -2.16. The first-order chi connectivity index (χ1) is 8.95. The molecule has 0 spiro atoms. The number of aryl methyl sites for hydroxylation is 1. The molecule has 0 bridgehead atoms. The summed E-state index contributed by atoms with van der Waals surface area (Å²) in [5, 5.41) is 9.24. The van der Waals surface area contributed by atoms with Gasteiger partial charge in [-0.25, -0.2) is 0 Å². The number of rotatable bonds is 6. The van der Waals surface area contributed by atoms with E-state index in [2.05, 4.69) is 15.7 Å².